The van der Waals surface area contributed by atoms with Gasteiger partial charge in [0.1, 0.15) is 12.2 Å². The number of hydrogen-bond donors (Lipinski definition) is 1. The number of carbonyl (C=O) groups is 1. The van der Waals surface area contributed by atoms with Gasteiger partial charge in [-0.1, -0.05) is 60.7 Å². The van der Waals surface area contributed by atoms with Crippen molar-refractivity contribution in [1.82, 2.24) is 0 Å². The highest BCUT2D eigenvalue weighted by molar-refractivity contribution is 5.73. The molecule has 1 spiro atoms. The molecule has 1 unspecified atom stereocenters. The van der Waals surface area contributed by atoms with E-state index in [0.717, 1.165) is 11.1 Å². The largest absolute Gasteiger partial charge is 0.432 e. The molecule has 27 heavy (non-hydrogen) atoms. The summed E-state index contributed by atoms with van der Waals surface area (Å²) in [5.74, 6) is -0.500. The van der Waals surface area contributed by atoms with Crippen LogP contribution in [0.1, 0.15) is 17.5 Å². The average molecular weight is 370 g/mol. The lowest BCUT2D eigenvalue weighted by atomic mass is 9.92. The fourth-order valence-electron chi connectivity index (χ4n) is 3.59. The van der Waals surface area contributed by atoms with Gasteiger partial charge in [-0.05, 0) is 11.1 Å². The first-order valence-corrected chi connectivity index (χ1v) is 9.00. The van der Waals surface area contributed by atoms with Crippen LogP contribution in [0.15, 0.2) is 60.7 Å². The van der Waals surface area contributed by atoms with Crippen LogP contribution in [0, 0.1) is 0 Å². The van der Waals surface area contributed by atoms with E-state index in [1.54, 1.807) is 0 Å². The summed E-state index contributed by atoms with van der Waals surface area (Å²) in [6.45, 7) is 0.934. The molecule has 2 aromatic rings. The monoisotopic (exact) mass is 370 g/mol. The summed E-state index contributed by atoms with van der Waals surface area (Å²) in [6, 6.07) is 19.5. The predicted octanol–water partition coefficient (Wildman–Crippen LogP) is 2.19. The number of cyclic esters (lactones) is 1. The van der Waals surface area contributed by atoms with E-state index in [4.69, 9.17) is 18.9 Å². The Morgan fingerprint density at radius 1 is 0.963 bits per heavy atom. The third-order valence-corrected chi connectivity index (χ3v) is 5.00. The molecular formula is C21H22O6. The Balaban J connectivity index is 1.50. The summed E-state index contributed by atoms with van der Waals surface area (Å²) in [7, 11) is 0. The Bertz CT molecular complexity index is 765. The molecule has 2 aliphatic heterocycles. The molecule has 0 amide bonds. The summed E-state index contributed by atoms with van der Waals surface area (Å²) in [6.07, 6.45) is -2.46. The summed E-state index contributed by atoms with van der Waals surface area (Å²) in [4.78, 5) is 11.8. The summed E-state index contributed by atoms with van der Waals surface area (Å²) < 4.78 is 22.9. The van der Waals surface area contributed by atoms with Crippen LogP contribution < -0.4 is 0 Å². The van der Waals surface area contributed by atoms with Crippen molar-refractivity contribution >= 4 is 5.97 Å². The molecule has 0 bridgehead atoms. The normalized spacial score (nSPS) is 30.0. The van der Waals surface area contributed by atoms with Crippen molar-refractivity contribution in [2.45, 2.75) is 43.7 Å². The van der Waals surface area contributed by atoms with E-state index in [9.17, 15) is 9.90 Å². The van der Waals surface area contributed by atoms with E-state index in [0.29, 0.717) is 13.2 Å². The summed E-state index contributed by atoms with van der Waals surface area (Å²) in [5, 5.41) is 10.3. The van der Waals surface area contributed by atoms with Crippen molar-refractivity contribution in [3.8, 4) is 0 Å². The highest BCUT2D eigenvalue weighted by Crippen LogP contribution is 2.41. The van der Waals surface area contributed by atoms with Gasteiger partial charge in [0, 0.05) is 0 Å². The molecule has 2 heterocycles. The fourth-order valence-corrected chi connectivity index (χ4v) is 3.59. The Morgan fingerprint density at radius 2 is 1.56 bits per heavy atom. The van der Waals surface area contributed by atoms with Gasteiger partial charge in [0.2, 0.25) is 6.29 Å². The Kier molecular flexibility index (Phi) is 5.22. The minimum Gasteiger partial charge on any atom is -0.432 e. The van der Waals surface area contributed by atoms with Crippen LogP contribution in [0.2, 0.25) is 0 Å². The maximum atomic E-state index is 11.8. The molecule has 0 radical (unpaired) electrons. The zero-order valence-electron chi connectivity index (χ0n) is 14.8. The van der Waals surface area contributed by atoms with Gasteiger partial charge in [-0.25, -0.2) is 0 Å². The molecular weight excluding hydrogens is 348 g/mol. The summed E-state index contributed by atoms with van der Waals surface area (Å²) >= 11 is 0. The predicted molar refractivity (Wildman–Crippen MR) is 95.4 cm³/mol. The van der Waals surface area contributed by atoms with Gasteiger partial charge in [0.15, 0.2) is 5.60 Å². The number of aliphatic hydroxyl groups excluding tert-OH is 1. The lowest BCUT2D eigenvalue weighted by Gasteiger charge is -2.31. The zero-order chi connectivity index (χ0) is 18.7. The third kappa shape index (κ3) is 3.75. The lowest BCUT2D eigenvalue weighted by Crippen LogP contribution is -2.51. The Labute approximate surface area is 157 Å². The highest BCUT2D eigenvalue weighted by atomic mass is 16.7. The van der Waals surface area contributed by atoms with Crippen molar-refractivity contribution in [3.05, 3.63) is 71.8 Å². The van der Waals surface area contributed by atoms with Crippen LogP contribution in [-0.4, -0.2) is 41.8 Å². The van der Waals surface area contributed by atoms with E-state index in [1.165, 1.54) is 0 Å². The van der Waals surface area contributed by atoms with Crippen LogP contribution in [-0.2, 0) is 37.0 Å². The molecule has 2 fully saturated rings. The van der Waals surface area contributed by atoms with Crippen LogP contribution in [0.5, 0.6) is 0 Å². The number of hydrogen-bond acceptors (Lipinski definition) is 6. The van der Waals surface area contributed by atoms with Gasteiger partial charge in [0.05, 0.1) is 26.2 Å². The molecule has 0 aromatic heterocycles. The van der Waals surface area contributed by atoms with Crippen LogP contribution >= 0.6 is 0 Å². The fraction of sp³-hybridized carbons (Fsp3) is 0.381. The molecule has 2 aromatic carbocycles. The number of esters is 1. The SMILES string of the molecule is O=C1C[C@@]2(OC[C@H](OCc3ccccc3)[C@@H]2OCc2ccccc2)C(O)O1. The van der Waals surface area contributed by atoms with Gasteiger partial charge >= 0.3 is 5.97 Å². The molecule has 4 rings (SSSR count). The van der Waals surface area contributed by atoms with E-state index in [-0.39, 0.29) is 13.0 Å². The number of ether oxygens (including phenoxy) is 4. The topological polar surface area (TPSA) is 74.2 Å². The molecule has 6 nitrogen and oxygen atoms in total. The first kappa shape index (κ1) is 18.1. The van der Waals surface area contributed by atoms with E-state index >= 15 is 0 Å². The van der Waals surface area contributed by atoms with E-state index in [2.05, 4.69) is 0 Å². The zero-order valence-corrected chi connectivity index (χ0v) is 14.8. The number of carbonyl (C=O) groups excluding carboxylic acids is 1. The molecule has 6 heteroatoms. The van der Waals surface area contributed by atoms with Crippen LogP contribution in [0.4, 0.5) is 0 Å². The standard InChI is InChI=1S/C21H22O6/c22-18-11-21(20(23)27-18)19(25-13-16-9-5-2-6-10-16)17(14-26-21)24-12-15-7-3-1-4-8-15/h1-10,17,19-20,23H,11-14H2/t17-,19-,20?,21-/m0/s1. The van der Waals surface area contributed by atoms with Crippen molar-refractivity contribution < 1.29 is 28.8 Å². The van der Waals surface area contributed by atoms with Gasteiger partial charge in [-0.15, -0.1) is 0 Å². The summed E-state index contributed by atoms with van der Waals surface area (Å²) in [5.41, 5.74) is 0.786. The Hall–Kier alpha value is -2.25. The van der Waals surface area contributed by atoms with E-state index in [1.807, 2.05) is 60.7 Å². The van der Waals surface area contributed by atoms with Crippen molar-refractivity contribution in [2.75, 3.05) is 6.61 Å². The van der Waals surface area contributed by atoms with Crippen molar-refractivity contribution in [3.63, 3.8) is 0 Å². The quantitative estimate of drug-likeness (QED) is 0.786. The first-order chi connectivity index (χ1) is 13.2. The van der Waals surface area contributed by atoms with Crippen LogP contribution in [0.25, 0.3) is 0 Å². The molecule has 0 aliphatic carbocycles. The second-order valence-corrected chi connectivity index (χ2v) is 6.84. The van der Waals surface area contributed by atoms with E-state index < -0.39 is 30.1 Å². The number of benzene rings is 2. The molecule has 142 valence electrons. The number of rotatable bonds is 6. The maximum Gasteiger partial charge on any atom is 0.311 e. The molecule has 4 atom stereocenters. The molecule has 1 N–H and O–H groups in total. The van der Waals surface area contributed by atoms with Crippen molar-refractivity contribution in [1.29, 1.82) is 0 Å². The molecule has 2 saturated heterocycles. The second-order valence-electron chi connectivity index (χ2n) is 6.84. The number of aliphatic hydroxyl groups is 1. The van der Waals surface area contributed by atoms with Gasteiger partial charge in [-0.3, -0.25) is 4.79 Å². The first-order valence-electron chi connectivity index (χ1n) is 9.00. The minimum absolute atomic E-state index is 0.0567. The van der Waals surface area contributed by atoms with Crippen LogP contribution in [0.3, 0.4) is 0 Å². The smallest absolute Gasteiger partial charge is 0.311 e. The van der Waals surface area contributed by atoms with Gasteiger partial charge in [-0.2, -0.15) is 0 Å². The lowest BCUT2D eigenvalue weighted by molar-refractivity contribution is -0.205. The van der Waals surface area contributed by atoms with Crippen molar-refractivity contribution in [2.24, 2.45) is 0 Å². The second kappa shape index (κ2) is 7.78. The van der Waals surface area contributed by atoms with Gasteiger partial charge < -0.3 is 24.1 Å². The Morgan fingerprint density at radius 3 is 2.11 bits per heavy atom. The minimum atomic E-state index is -1.36. The maximum absolute atomic E-state index is 11.8. The molecule has 2 aliphatic rings. The third-order valence-electron chi connectivity index (χ3n) is 5.00. The highest BCUT2D eigenvalue weighted by Gasteiger charge is 2.62. The van der Waals surface area contributed by atoms with Gasteiger partial charge in [0.25, 0.3) is 0 Å². The average Bonchev–Trinajstić information content (AvgIpc) is 3.19. The molecule has 0 saturated carbocycles.